The van der Waals surface area contributed by atoms with Crippen LogP contribution in [0.2, 0.25) is 0 Å². The summed E-state index contributed by atoms with van der Waals surface area (Å²) in [6, 6.07) is 15.4. The van der Waals surface area contributed by atoms with Crippen molar-refractivity contribution in [3.63, 3.8) is 0 Å². The van der Waals surface area contributed by atoms with Gasteiger partial charge in [-0.2, -0.15) is 14.9 Å². The molecule has 0 aliphatic carbocycles. The lowest BCUT2D eigenvalue weighted by molar-refractivity contribution is 0.870. The highest BCUT2D eigenvalue weighted by Crippen LogP contribution is 2.16. The van der Waals surface area contributed by atoms with Gasteiger partial charge in [0.15, 0.2) is 5.82 Å². The van der Waals surface area contributed by atoms with Crippen LogP contribution in [0.5, 0.6) is 0 Å². The van der Waals surface area contributed by atoms with Crippen molar-refractivity contribution in [2.75, 3.05) is 0 Å². The molecular formula is C14H11N5S. The van der Waals surface area contributed by atoms with Gasteiger partial charge in [0.1, 0.15) is 0 Å². The first-order valence-corrected chi connectivity index (χ1v) is 6.43. The van der Waals surface area contributed by atoms with Crippen molar-refractivity contribution in [1.82, 2.24) is 19.9 Å². The lowest BCUT2D eigenvalue weighted by Crippen LogP contribution is -1.95. The third kappa shape index (κ3) is 2.55. The molecule has 0 atom stereocenters. The highest BCUT2D eigenvalue weighted by Gasteiger charge is 2.06. The second kappa shape index (κ2) is 5.58. The zero-order valence-corrected chi connectivity index (χ0v) is 11.3. The van der Waals surface area contributed by atoms with Crippen LogP contribution >= 0.6 is 12.2 Å². The first-order chi connectivity index (χ1) is 9.84. The molecule has 0 radical (unpaired) electrons. The molecule has 0 spiro atoms. The zero-order chi connectivity index (χ0) is 13.8. The smallest absolute Gasteiger partial charge is 0.216 e. The summed E-state index contributed by atoms with van der Waals surface area (Å²) < 4.78 is 2.02. The maximum absolute atomic E-state index is 5.20. The maximum Gasteiger partial charge on any atom is 0.216 e. The van der Waals surface area contributed by atoms with Crippen LogP contribution < -0.4 is 0 Å². The number of aromatic amines is 1. The molecule has 0 saturated heterocycles. The number of nitrogens with one attached hydrogen (secondary N) is 1. The average Bonchev–Trinajstić information content (AvgIpc) is 2.88. The summed E-state index contributed by atoms with van der Waals surface area (Å²) >= 11 is 5.20. The highest BCUT2D eigenvalue weighted by molar-refractivity contribution is 7.71. The van der Waals surface area contributed by atoms with Crippen LogP contribution in [0, 0.1) is 4.77 Å². The van der Waals surface area contributed by atoms with E-state index >= 15 is 0 Å². The molecule has 3 aromatic rings. The number of hydrogen-bond donors (Lipinski definition) is 1. The summed E-state index contributed by atoms with van der Waals surface area (Å²) in [6.07, 6.45) is 3.37. The van der Waals surface area contributed by atoms with Crippen LogP contribution in [0.15, 0.2) is 59.8 Å². The van der Waals surface area contributed by atoms with E-state index in [2.05, 4.69) is 20.3 Å². The number of benzene rings is 1. The van der Waals surface area contributed by atoms with E-state index in [0.29, 0.717) is 10.6 Å². The number of nitrogens with zero attached hydrogens (tertiary/aromatic N) is 4. The summed E-state index contributed by atoms with van der Waals surface area (Å²) in [7, 11) is 0. The molecule has 3 rings (SSSR count). The van der Waals surface area contributed by atoms with E-state index in [1.807, 2.05) is 48.5 Å². The number of rotatable bonds is 3. The van der Waals surface area contributed by atoms with Crippen molar-refractivity contribution in [3.05, 3.63) is 65.2 Å². The van der Waals surface area contributed by atoms with E-state index in [1.54, 1.807) is 17.1 Å². The Morgan fingerprint density at radius 1 is 1.10 bits per heavy atom. The molecule has 6 heteroatoms. The van der Waals surface area contributed by atoms with Crippen molar-refractivity contribution in [2.24, 2.45) is 5.10 Å². The highest BCUT2D eigenvalue weighted by atomic mass is 32.1. The van der Waals surface area contributed by atoms with Gasteiger partial charge in [0.25, 0.3) is 0 Å². The fourth-order valence-corrected chi connectivity index (χ4v) is 1.92. The number of pyridine rings is 1. The molecule has 1 aromatic carbocycles. The summed E-state index contributed by atoms with van der Waals surface area (Å²) in [4.78, 5) is 4.18. The molecule has 20 heavy (non-hydrogen) atoms. The zero-order valence-electron chi connectivity index (χ0n) is 10.5. The predicted octanol–water partition coefficient (Wildman–Crippen LogP) is 2.88. The van der Waals surface area contributed by atoms with E-state index in [0.717, 1.165) is 11.3 Å². The largest absolute Gasteiger partial charge is 0.255 e. The SMILES string of the molecule is S=c1[nH]nc(-c2ccccc2)n1/N=C\c1ccccn1. The van der Waals surface area contributed by atoms with Crippen LogP contribution in [0.25, 0.3) is 11.4 Å². The summed E-state index contributed by atoms with van der Waals surface area (Å²) in [5.41, 5.74) is 1.70. The van der Waals surface area contributed by atoms with Crippen LogP contribution in [0.4, 0.5) is 0 Å². The van der Waals surface area contributed by atoms with Crippen molar-refractivity contribution in [2.45, 2.75) is 0 Å². The lowest BCUT2D eigenvalue weighted by atomic mass is 10.2. The van der Waals surface area contributed by atoms with E-state index in [4.69, 9.17) is 12.2 Å². The van der Waals surface area contributed by atoms with Gasteiger partial charge in [-0.15, -0.1) is 0 Å². The van der Waals surface area contributed by atoms with Crippen LogP contribution in [-0.2, 0) is 0 Å². The molecule has 0 unspecified atom stereocenters. The van der Waals surface area contributed by atoms with E-state index < -0.39 is 0 Å². The molecule has 0 saturated carbocycles. The van der Waals surface area contributed by atoms with Gasteiger partial charge in [-0.25, -0.2) is 5.10 Å². The maximum atomic E-state index is 5.20. The first kappa shape index (κ1) is 12.4. The standard InChI is InChI=1S/C14H11N5S/c20-14-18-17-13(11-6-2-1-3-7-11)19(14)16-10-12-8-4-5-9-15-12/h1-10H,(H,18,20)/b16-10-. The summed E-state index contributed by atoms with van der Waals surface area (Å²) in [6.45, 7) is 0. The van der Waals surface area contributed by atoms with Gasteiger partial charge in [0.05, 0.1) is 11.9 Å². The Kier molecular flexibility index (Phi) is 3.47. The summed E-state index contributed by atoms with van der Waals surface area (Å²) in [5, 5.41) is 11.3. The fraction of sp³-hybridized carbons (Fsp3) is 0. The van der Waals surface area contributed by atoms with Gasteiger partial charge in [0, 0.05) is 11.8 Å². The Bertz CT molecular complexity index is 774. The molecule has 0 aliphatic rings. The summed E-state index contributed by atoms with van der Waals surface area (Å²) in [5.74, 6) is 0.669. The molecule has 98 valence electrons. The predicted molar refractivity (Wildman–Crippen MR) is 80.1 cm³/mol. The Morgan fingerprint density at radius 3 is 2.65 bits per heavy atom. The Morgan fingerprint density at radius 2 is 1.90 bits per heavy atom. The van der Waals surface area contributed by atoms with E-state index in [-0.39, 0.29) is 0 Å². The van der Waals surface area contributed by atoms with Gasteiger partial charge in [-0.3, -0.25) is 4.98 Å². The van der Waals surface area contributed by atoms with Crippen LogP contribution in [-0.4, -0.2) is 26.1 Å². The molecule has 2 heterocycles. The van der Waals surface area contributed by atoms with Crippen molar-refractivity contribution >= 4 is 18.4 Å². The van der Waals surface area contributed by atoms with E-state index in [9.17, 15) is 0 Å². The van der Waals surface area contributed by atoms with Gasteiger partial charge < -0.3 is 0 Å². The van der Waals surface area contributed by atoms with Crippen molar-refractivity contribution in [1.29, 1.82) is 0 Å². The average molecular weight is 281 g/mol. The Balaban J connectivity index is 2.01. The molecular weight excluding hydrogens is 270 g/mol. The quantitative estimate of drug-likeness (QED) is 0.593. The van der Waals surface area contributed by atoms with Gasteiger partial charge >= 0.3 is 0 Å². The number of aromatic nitrogens is 4. The molecule has 0 amide bonds. The Hall–Kier alpha value is -2.60. The van der Waals surface area contributed by atoms with Crippen molar-refractivity contribution < 1.29 is 0 Å². The van der Waals surface area contributed by atoms with E-state index in [1.165, 1.54) is 0 Å². The second-order valence-corrected chi connectivity index (χ2v) is 4.42. The molecule has 5 nitrogen and oxygen atoms in total. The molecule has 0 bridgehead atoms. The number of H-pyrrole nitrogens is 1. The van der Waals surface area contributed by atoms with Crippen molar-refractivity contribution in [3.8, 4) is 11.4 Å². The minimum atomic E-state index is 0.441. The fourth-order valence-electron chi connectivity index (χ4n) is 1.74. The minimum Gasteiger partial charge on any atom is -0.255 e. The van der Waals surface area contributed by atoms with Crippen LogP contribution in [0.3, 0.4) is 0 Å². The molecule has 0 aliphatic heterocycles. The first-order valence-electron chi connectivity index (χ1n) is 6.03. The molecule has 0 fully saturated rings. The number of hydrogen-bond acceptors (Lipinski definition) is 4. The monoisotopic (exact) mass is 281 g/mol. The molecule has 2 aromatic heterocycles. The van der Waals surface area contributed by atoms with Gasteiger partial charge in [-0.1, -0.05) is 36.4 Å². The van der Waals surface area contributed by atoms with Gasteiger partial charge in [-0.05, 0) is 24.4 Å². The topological polar surface area (TPSA) is 58.9 Å². The Labute approximate surface area is 120 Å². The normalized spacial score (nSPS) is 11.0. The lowest BCUT2D eigenvalue weighted by Gasteiger charge is -2.00. The van der Waals surface area contributed by atoms with Gasteiger partial charge in [0.2, 0.25) is 4.77 Å². The third-order valence-electron chi connectivity index (χ3n) is 2.68. The molecule has 1 N–H and O–H groups in total. The third-order valence-corrected chi connectivity index (χ3v) is 2.94. The minimum absolute atomic E-state index is 0.441. The second-order valence-electron chi connectivity index (χ2n) is 4.03. The van der Waals surface area contributed by atoms with Crippen LogP contribution in [0.1, 0.15) is 5.69 Å².